The Balaban J connectivity index is 1.61. The molecule has 22 heavy (non-hydrogen) atoms. The third-order valence-electron chi connectivity index (χ3n) is 6.02. The molecule has 0 radical (unpaired) electrons. The number of rotatable bonds is 5. The van der Waals surface area contributed by atoms with Gasteiger partial charge in [0, 0.05) is 0 Å². The lowest BCUT2D eigenvalue weighted by Gasteiger charge is -2.37. The maximum atomic E-state index is 2.66. The summed E-state index contributed by atoms with van der Waals surface area (Å²) in [5.74, 6) is 1.01. The zero-order chi connectivity index (χ0) is 15.4. The van der Waals surface area contributed by atoms with Gasteiger partial charge in [0.2, 0.25) is 0 Å². The minimum absolute atomic E-state index is 0.258. The molecular weight excluding hydrogens is 302 g/mol. The fourth-order valence-electron chi connectivity index (χ4n) is 4.72. The van der Waals surface area contributed by atoms with Gasteiger partial charge in [0.1, 0.15) is 0 Å². The van der Waals surface area contributed by atoms with E-state index in [9.17, 15) is 0 Å². The van der Waals surface area contributed by atoms with Crippen LogP contribution in [0.4, 0.5) is 0 Å². The van der Waals surface area contributed by atoms with Gasteiger partial charge in [-0.15, -0.1) is 7.92 Å². The second-order valence-electron chi connectivity index (χ2n) is 7.42. The van der Waals surface area contributed by atoms with E-state index in [4.69, 9.17) is 0 Å². The Morgan fingerprint density at radius 3 is 2.41 bits per heavy atom. The first kappa shape index (κ1) is 16.9. The Bertz CT molecular complexity index is 438. The van der Waals surface area contributed by atoms with Gasteiger partial charge in [-0.1, -0.05) is 71.5 Å². The number of hydrogen-bond donors (Lipinski definition) is 0. The molecule has 0 N–H and O–H groups in total. The Morgan fingerprint density at radius 2 is 1.68 bits per heavy atom. The van der Waals surface area contributed by atoms with Gasteiger partial charge in [-0.05, 0) is 60.5 Å². The minimum Gasteiger partial charge on any atom is -0.103 e. The molecule has 0 aliphatic heterocycles. The zero-order valence-electron chi connectivity index (χ0n) is 14.3. The molecule has 0 nitrogen and oxygen atoms in total. The average molecular weight is 334 g/mol. The van der Waals surface area contributed by atoms with Gasteiger partial charge in [0.05, 0.1) is 0 Å². The molecule has 2 fully saturated rings. The molecule has 0 aromatic heterocycles. The van der Waals surface area contributed by atoms with Crippen LogP contribution < -0.4 is 5.30 Å². The van der Waals surface area contributed by atoms with Crippen molar-refractivity contribution >= 4 is 21.8 Å². The van der Waals surface area contributed by atoms with Gasteiger partial charge >= 0.3 is 0 Å². The molecule has 1 aromatic carbocycles. The van der Waals surface area contributed by atoms with Crippen LogP contribution in [0.15, 0.2) is 30.3 Å². The van der Waals surface area contributed by atoms with Crippen LogP contribution >= 0.6 is 16.5 Å². The van der Waals surface area contributed by atoms with Gasteiger partial charge in [-0.25, -0.2) is 0 Å². The summed E-state index contributed by atoms with van der Waals surface area (Å²) in [6, 6.07) is 11.2. The summed E-state index contributed by atoms with van der Waals surface area (Å²) in [6.45, 7) is 5.20. The average Bonchev–Trinajstić information content (AvgIpc) is 3.05. The fraction of sp³-hybridized carbons (Fsp3) is 0.700. The smallest absolute Gasteiger partial charge is 0.0175 e. The zero-order valence-corrected chi connectivity index (χ0v) is 16.2. The molecule has 0 spiro atoms. The molecule has 2 heteroatoms. The van der Waals surface area contributed by atoms with E-state index in [2.05, 4.69) is 43.9 Å². The lowest BCUT2D eigenvalue weighted by Crippen LogP contribution is -2.26. The fourth-order valence-corrected chi connectivity index (χ4v) is 9.73. The van der Waals surface area contributed by atoms with Crippen molar-refractivity contribution in [2.24, 2.45) is 5.92 Å². The quantitative estimate of drug-likeness (QED) is 0.580. The second kappa shape index (κ2) is 8.26. The first-order valence-corrected chi connectivity index (χ1v) is 12.3. The highest BCUT2D eigenvalue weighted by Gasteiger charge is 2.37. The first-order valence-electron chi connectivity index (χ1n) is 9.29. The van der Waals surface area contributed by atoms with Crippen molar-refractivity contribution in [2.45, 2.75) is 75.3 Å². The maximum Gasteiger partial charge on any atom is -0.0175 e. The monoisotopic (exact) mass is 334 g/mol. The van der Waals surface area contributed by atoms with Crippen molar-refractivity contribution in [1.82, 2.24) is 0 Å². The summed E-state index contributed by atoms with van der Waals surface area (Å²) in [4.78, 5) is 0. The van der Waals surface area contributed by atoms with Crippen molar-refractivity contribution in [3.05, 3.63) is 30.3 Å². The van der Waals surface area contributed by atoms with E-state index in [1.54, 1.807) is 18.1 Å². The summed E-state index contributed by atoms with van der Waals surface area (Å²) in [7, 11) is 1.27. The summed E-state index contributed by atoms with van der Waals surface area (Å²) >= 11 is 0. The molecular formula is C20H32P2. The lowest BCUT2D eigenvalue weighted by molar-refractivity contribution is 0.498. The second-order valence-corrected chi connectivity index (χ2v) is 11.9. The SMILES string of the molecule is C[C@H](Pc1ccccc1)C1CCCC1P(C)C1CCCCC1. The van der Waals surface area contributed by atoms with E-state index in [0.717, 1.165) is 31.5 Å². The predicted molar refractivity (Wildman–Crippen MR) is 105 cm³/mol. The molecule has 2 saturated carbocycles. The molecule has 1 aromatic rings. The number of hydrogen-bond acceptors (Lipinski definition) is 0. The van der Waals surface area contributed by atoms with Crippen LogP contribution in [0.5, 0.6) is 0 Å². The number of benzene rings is 1. The van der Waals surface area contributed by atoms with Crippen molar-refractivity contribution in [2.75, 3.05) is 6.66 Å². The van der Waals surface area contributed by atoms with Gasteiger partial charge < -0.3 is 0 Å². The molecule has 2 aliphatic carbocycles. The van der Waals surface area contributed by atoms with E-state index in [1.807, 2.05) is 0 Å². The highest BCUT2D eigenvalue weighted by atomic mass is 31.1. The van der Waals surface area contributed by atoms with E-state index < -0.39 is 0 Å². The highest BCUT2D eigenvalue weighted by molar-refractivity contribution is 7.58. The molecule has 3 rings (SSSR count). The van der Waals surface area contributed by atoms with E-state index >= 15 is 0 Å². The van der Waals surface area contributed by atoms with E-state index in [-0.39, 0.29) is 7.92 Å². The van der Waals surface area contributed by atoms with Crippen molar-refractivity contribution < 1.29 is 0 Å². The maximum absolute atomic E-state index is 2.66. The molecule has 0 bridgehead atoms. The third kappa shape index (κ3) is 4.13. The topological polar surface area (TPSA) is 0 Å². The predicted octanol–water partition coefficient (Wildman–Crippen LogP) is 5.99. The molecule has 122 valence electrons. The van der Waals surface area contributed by atoms with Crippen LogP contribution in [-0.2, 0) is 0 Å². The van der Waals surface area contributed by atoms with Crippen LogP contribution in [0.3, 0.4) is 0 Å². The molecule has 0 saturated heterocycles. The van der Waals surface area contributed by atoms with Crippen LogP contribution in [0.25, 0.3) is 0 Å². The van der Waals surface area contributed by atoms with Crippen molar-refractivity contribution in [3.8, 4) is 0 Å². The summed E-state index contributed by atoms with van der Waals surface area (Å²) in [5.41, 5.74) is 3.06. The summed E-state index contributed by atoms with van der Waals surface area (Å²) in [6.07, 6.45) is 12.1. The molecule has 0 amide bonds. The van der Waals surface area contributed by atoms with Gasteiger partial charge in [0.15, 0.2) is 0 Å². The highest BCUT2D eigenvalue weighted by Crippen LogP contribution is 2.57. The van der Waals surface area contributed by atoms with Crippen LogP contribution in [0.1, 0.15) is 58.3 Å². The third-order valence-corrected chi connectivity index (χ3v) is 10.9. The standard InChI is InChI=1S/C20H32P2/c1-16(21-17-10-5-3-6-11-17)19-14-9-15-20(19)22(2)18-12-7-4-8-13-18/h3,5-6,10-11,16,18-21H,4,7-9,12-15H2,1-2H3/t16-,19?,20?,22?/m0/s1. The molecule has 0 heterocycles. The van der Waals surface area contributed by atoms with Crippen molar-refractivity contribution in [1.29, 1.82) is 0 Å². The summed E-state index contributed by atoms with van der Waals surface area (Å²) in [5, 5.41) is 1.57. The van der Waals surface area contributed by atoms with Gasteiger partial charge in [-0.3, -0.25) is 0 Å². The first-order chi connectivity index (χ1) is 10.8. The van der Waals surface area contributed by atoms with Crippen LogP contribution in [-0.4, -0.2) is 23.6 Å². The van der Waals surface area contributed by atoms with Gasteiger partial charge in [0.25, 0.3) is 0 Å². The molecule has 5 atom stereocenters. The van der Waals surface area contributed by atoms with Crippen molar-refractivity contribution in [3.63, 3.8) is 0 Å². The normalized spacial score (nSPS) is 29.9. The summed E-state index contributed by atoms with van der Waals surface area (Å²) < 4.78 is 0. The van der Waals surface area contributed by atoms with Crippen LogP contribution in [0, 0.1) is 5.92 Å². The Morgan fingerprint density at radius 1 is 0.955 bits per heavy atom. The Labute approximate surface area is 140 Å². The largest absolute Gasteiger partial charge is 0.103 e. The molecule has 2 aliphatic rings. The lowest BCUT2D eigenvalue weighted by atomic mass is 10.0. The molecule has 4 unspecified atom stereocenters. The minimum atomic E-state index is 0.258. The van der Waals surface area contributed by atoms with E-state index in [1.165, 1.54) is 38.5 Å². The van der Waals surface area contributed by atoms with E-state index in [0.29, 0.717) is 0 Å². The van der Waals surface area contributed by atoms with Crippen LogP contribution in [0.2, 0.25) is 0 Å². The Hall–Kier alpha value is 0.0800. The Kier molecular flexibility index (Phi) is 6.35. The van der Waals surface area contributed by atoms with Gasteiger partial charge in [-0.2, -0.15) is 0 Å².